The summed E-state index contributed by atoms with van der Waals surface area (Å²) in [5.74, 6) is 7.33. The summed E-state index contributed by atoms with van der Waals surface area (Å²) in [6.07, 6.45) is 12.5. The number of unbranched alkanes of at least 4 members (excludes halogenated alkanes) is 3. The van der Waals surface area contributed by atoms with E-state index in [2.05, 4.69) is 18.8 Å². The highest BCUT2D eigenvalue weighted by molar-refractivity contribution is 5.92. The van der Waals surface area contributed by atoms with Crippen molar-refractivity contribution in [2.75, 3.05) is 0 Å². The van der Waals surface area contributed by atoms with E-state index in [9.17, 15) is 15.0 Å². The van der Waals surface area contributed by atoms with Gasteiger partial charge in [0.05, 0.1) is 12.0 Å². The van der Waals surface area contributed by atoms with Crippen molar-refractivity contribution < 1.29 is 15.0 Å². The van der Waals surface area contributed by atoms with Crippen molar-refractivity contribution in [3.05, 3.63) is 0 Å². The quantitative estimate of drug-likeness (QED) is 0.527. The van der Waals surface area contributed by atoms with Crippen molar-refractivity contribution in [3.63, 3.8) is 0 Å². The minimum absolute atomic E-state index is 0.133. The van der Waals surface area contributed by atoms with E-state index >= 15 is 0 Å². The minimum Gasteiger partial charge on any atom is -0.392 e. The van der Waals surface area contributed by atoms with Gasteiger partial charge in [0.25, 0.3) is 0 Å². The molecule has 3 aliphatic carbocycles. The second-order valence-corrected chi connectivity index (χ2v) is 9.02. The molecule has 146 valence electrons. The third kappa shape index (κ3) is 4.18. The van der Waals surface area contributed by atoms with Gasteiger partial charge in [-0.05, 0) is 37.5 Å². The maximum atomic E-state index is 12.5. The molecule has 0 bridgehead atoms. The van der Waals surface area contributed by atoms with Gasteiger partial charge in [0.2, 0.25) is 0 Å². The molecule has 26 heavy (non-hydrogen) atoms. The number of hydrogen-bond donors (Lipinski definition) is 2. The molecule has 0 aromatic rings. The van der Waals surface area contributed by atoms with Gasteiger partial charge < -0.3 is 10.2 Å². The molecule has 2 N–H and O–H groups in total. The number of fused-ring (bicyclic) bond motifs is 1. The zero-order chi connectivity index (χ0) is 18.6. The van der Waals surface area contributed by atoms with Crippen molar-refractivity contribution in [2.24, 2.45) is 23.2 Å². The van der Waals surface area contributed by atoms with E-state index in [1.807, 2.05) is 0 Å². The van der Waals surface area contributed by atoms with Gasteiger partial charge >= 0.3 is 0 Å². The molecule has 3 fully saturated rings. The van der Waals surface area contributed by atoms with Crippen LogP contribution in [0.2, 0.25) is 0 Å². The highest BCUT2D eigenvalue weighted by Crippen LogP contribution is 2.57. The Morgan fingerprint density at radius 2 is 1.96 bits per heavy atom. The van der Waals surface area contributed by atoms with Crippen molar-refractivity contribution >= 4 is 5.78 Å². The Labute approximate surface area is 158 Å². The average molecular weight is 361 g/mol. The number of rotatable bonds is 7. The molecule has 0 spiro atoms. The summed E-state index contributed by atoms with van der Waals surface area (Å²) in [7, 11) is 0. The van der Waals surface area contributed by atoms with Crippen molar-refractivity contribution in [3.8, 4) is 11.8 Å². The highest BCUT2D eigenvalue weighted by atomic mass is 16.3. The lowest BCUT2D eigenvalue weighted by molar-refractivity contribution is -0.161. The third-order valence-corrected chi connectivity index (χ3v) is 7.33. The molecule has 3 heteroatoms. The predicted octanol–water partition coefficient (Wildman–Crippen LogP) is 4.25. The van der Waals surface area contributed by atoms with Crippen LogP contribution < -0.4 is 0 Å². The lowest BCUT2D eigenvalue weighted by Gasteiger charge is -2.55. The molecule has 3 saturated carbocycles. The summed E-state index contributed by atoms with van der Waals surface area (Å²) in [6, 6.07) is 0. The fraction of sp³-hybridized carbons (Fsp3) is 0.870. The normalized spacial score (nSPS) is 35.3. The Morgan fingerprint density at radius 1 is 1.19 bits per heavy atom. The number of ketones is 1. The molecule has 0 aromatic carbocycles. The number of Topliss-reactive ketones (excluding diaryl/α,β-unsaturated/α-hetero) is 1. The maximum absolute atomic E-state index is 12.5. The van der Waals surface area contributed by atoms with Gasteiger partial charge in [-0.2, -0.15) is 0 Å². The Morgan fingerprint density at radius 3 is 2.65 bits per heavy atom. The molecular formula is C23H36O3. The summed E-state index contributed by atoms with van der Waals surface area (Å²) < 4.78 is 0. The van der Waals surface area contributed by atoms with Crippen LogP contribution in [0.1, 0.15) is 90.4 Å². The fourth-order valence-corrected chi connectivity index (χ4v) is 5.65. The zero-order valence-corrected chi connectivity index (χ0v) is 16.4. The molecule has 0 aromatic heterocycles. The van der Waals surface area contributed by atoms with E-state index in [1.54, 1.807) is 0 Å². The molecule has 0 amide bonds. The summed E-state index contributed by atoms with van der Waals surface area (Å²) in [6.45, 7) is 2.20. The number of carbonyl (C=O) groups excluding carboxylic acids is 1. The first-order chi connectivity index (χ1) is 12.6. The van der Waals surface area contributed by atoms with Crippen LogP contribution in [-0.2, 0) is 4.79 Å². The molecule has 3 rings (SSSR count). The lowest BCUT2D eigenvalue weighted by atomic mass is 9.47. The van der Waals surface area contributed by atoms with Crippen LogP contribution in [-0.4, -0.2) is 28.2 Å². The SMILES string of the molecule is CCCCCC[C@]12CC[C@@H](O)[C@H](C#C[C@@H](O)CC3CCCC3)[C@H]1CC2=O. The summed E-state index contributed by atoms with van der Waals surface area (Å²) in [4.78, 5) is 12.5. The van der Waals surface area contributed by atoms with Crippen LogP contribution in [0.15, 0.2) is 0 Å². The molecule has 0 radical (unpaired) electrons. The monoisotopic (exact) mass is 360 g/mol. The molecule has 5 atom stereocenters. The first-order valence-electron chi connectivity index (χ1n) is 11.0. The Balaban J connectivity index is 1.61. The standard InChI is InChI=1S/C23H36O3/c1-2-3-4-7-13-23-14-12-21(25)19(20(23)16-22(23)26)11-10-18(24)15-17-8-5-6-9-17/h17-21,24-25H,2-9,12-16H2,1H3/t18-,19-,20-,21-,23+/m1/s1. The van der Waals surface area contributed by atoms with Gasteiger partial charge in [-0.1, -0.05) is 70.1 Å². The first kappa shape index (κ1) is 19.9. The van der Waals surface area contributed by atoms with Crippen LogP contribution in [0.3, 0.4) is 0 Å². The van der Waals surface area contributed by atoms with E-state index < -0.39 is 12.2 Å². The molecule has 0 aliphatic heterocycles. The molecule has 0 unspecified atom stereocenters. The van der Waals surface area contributed by atoms with Gasteiger partial charge in [-0.15, -0.1) is 0 Å². The van der Waals surface area contributed by atoms with Crippen LogP contribution in [0.5, 0.6) is 0 Å². The Hall–Kier alpha value is -0.850. The molecule has 3 nitrogen and oxygen atoms in total. The maximum Gasteiger partial charge on any atom is 0.139 e. The minimum atomic E-state index is -0.582. The Kier molecular flexibility index (Phi) is 6.81. The van der Waals surface area contributed by atoms with Crippen molar-refractivity contribution in [1.82, 2.24) is 0 Å². The van der Waals surface area contributed by atoms with E-state index in [0.29, 0.717) is 24.5 Å². The van der Waals surface area contributed by atoms with E-state index in [-0.39, 0.29) is 17.3 Å². The fourth-order valence-electron chi connectivity index (χ4n) is 5.65. The highest BCUT2D eigenvalue weighted by Gasteiger charge is 2.59. The summed E-state index contributed by atoms with van der Waals surface area (Å²) in [5.41, 5.74) is -0.220. The van der Waals surface area contributed by atoms with Gasteiger partial charge in [0.1, 0.15) is 11.9 Å². The molecule has 0 saturated heterocycles. The van der Waals surface area contributed by atoms with E-state index in [0.717, 1.165) is 25.7 Å². The third-order valence-electron chi connectivity index (χ3n) is 7.33. The second kappa shape index (κ2) is 8.89. The average Bonchev–Trinajstić information content (AvgIpc) is 3.12. The number of hydrogen-bond acceptors (Lipinski definition) is 3. The number of aliphatic hydroxyl groups excluding tert-OH is 2. The smallest absolute Gasteiger partial charge is 0.139 e. The Bertz CT molecular complexity index is 539. The molecule has 0 heterocycles. The largest absolute Gasteiger partial charge is 0.392 e. The van der Waals surface area contributed by atoms with Crippen molar-refractivity contribution in [1.29, 1.82) is 0 Å². The molecular weight excluding hydrogens is 324 g/mol. The van der Waals surface area contributed by atoms with Gasteiger partial charge in [-0.3, -0.25) is 4.79 Å². The summed E-state index contributed by atoms with van der Waals surface area (Å²) >= 11 is 0. The number of aliphatic hydroxyl groups is 2. The van der Waals surface area contributed by atoms with Crippen LogP contribution in [0.25, 0.3) is 0 Å². The van der Waals surface area contributed by atoms with E-state index in [1.165, 1.54) is 44.9 Å². The second-order valence-electron chi connectivity index (χ2n) is 9.02. The van der Waals surface area contributed by atoms with Gasteiger partial charge in [0, 0.05) is 11.8 Å². The lowest BCUT2D eigenvalue weighted by Crippen LogP contribution is -2.58. The van der Waals surface area contributed by atoms with E-state index in [4.69, 9.17) is 0 Å². The first-order valence-corrected chi connectivity index (χ1v) is 11.0. The van der Waals surface area contributed by atoms with Crippen LogP contribution in [0, 0.1) is 35.0 Å². The van der Waals surface area contributed by atoms with Crippen LogP contribution in [0.4, 0.5) is 0 Å². The van der Waals surface area contributed by atoms with Crippen LogP contribution >= 0.6 is 0 Å². The van der Waals surface area contributed by atoms with Crippen molar-refractivity contribution in [2.45, 2.75) is 103 Å². The number of carbonyl (C=O) groups is 1. The zero-order valence-electron chi connectivity index (χ0n) is 16.4. The predicted molar refractivity (Wildman–Crippen MR) is 103 cm³/mol. The summed E-state index contributed by atoms with van der Waals surface area (Å²) in [5, 5.41) is 20.8. The van der Waals surface area contributed by atoms with Gasteiger partial charge in [0.15, 0.2) is 0 Å². The topological polar surface area (TPSA) is 57.5 Å². The molecule has 3 aliphatic rings. The van der Waals surface area contributed by atoms with Gasteiger partial charge in [-0.25, -0.2) is 0 Å².